The molecule has 2 heterocycles. The summed E-state index contributed by atoms with van der Waals surface area (Å²) >= 11 is 0. The Hall–Kier alpha value is -3.54. The van der Waals surface area contributed by atoms with Crippen molar-refractivity contribution in [2.24, 2.45) is 0 Å². The number of carboxylic acids is 1. The third-order valence-corrected chi connectivity index (χ3v) is 9.63. The average molecular weight is 568 g/mol. The summed E-state index contributed by atoms with van der Waals surface area (Å²) in [7, 11) is -4.63. The van der Waals surface area contributed by atoms with Crippen LogP contribution in [0.15, 0.2) is 65.7 Å². The molecule has 4 rings (SSSR count). The summed E-state index contributed by atoms with van der Waals surface area (Å²) in [6, 6.07) is 16.1. The molecule has 0 radical (unpaired) electrons. The molecule has 39 heavy (non-hydrogen) atoms. The second kappa shape index (κ2) is 11.7. The van der Waals surface area contributed by atoms with E-state index in [0.29, 0.717) is 46.2 Å². The maximum absolute atomic E-state index is 12.2. The van der Waals surface area contributed by atoms with Crippen molar-refractivity contribution in [3.63, 3.8) is 0 Å². The van der Waals surface area contributed by atoms with Gasteiger partial charge in [0, 0.05) is 32.5 Å². The minimum Gasteiger partial charge on any atom is -0.481 e. The fourth-order valence-corrected chi connectivity index (χ4v) is 5.60. The Balaban J connectivity index is 1.76. The summed E-state index contributed by atoms with van der Waals surface area (Å²) in [6.07, 6.45) is 1.42. The average Bonchev–Trinajstić information content (AvgIpc) is 3.24. The van der Waals surface area contributed by atoms with E-state index in [0.717, 1.165) is 6.04 Å². The zero-order valence-corrected chi connectivity index (χ0v) is 24.4. The van der Waals surface area contributed by atoms with E-state index in [9.17, 15) is 18.3 Å². The van der Waals surface area contributed by atoms with Gasteiger partial charge in [0.25, 0.3) is 0 Å². The number of benzene rings is 2. The maximum atomic E-state index is 12.2. The Bertz CT molecular complexity index is 1560. The van der Waals surface area contributed by atoms with Gasteiger partial charge in [0.2, 0.25) is 0 Å². The number of carboxylic acid groups (broad SMARTS) is 1. The van der Waals surface area contributed by atoms with Crippen LogP contribution in [0.4, 0.5) is 0 Å². The molecule has 0 spiro atoms. The van der Waals surface area contributed by atoms with Gasteiger partial charge >= 0.3 is 5.97 Å². The molecule has 0 aliphatic rings. The number of rotatable bonds is 12. The third-order valence-electron chi connectivity index (χ3n) is 6.17. The van der Waals surface area contributed by atoms with E-state index in [1.165, 1.54) is 12.1 Å². The lowest BCUT2D eigenvalue weighted by molar-refractivity contribution is -0.136. The van der Waals surface area contributed by atoms with Gasteiger partial charge in [-0.1, -0.05) is 32.6 Å². The lowest BCUT2D eigenvalue weighted by Gasteiger charge is -2.16. The van der Waals surface area contributed by atoms with Gasteiger partial charge in [-0.05, 0) is 48.5 Å². The van der Waals surface area contributed by atoms with Crippen LogP contribution in [-0.4, -0.2) is 54.5 Å². The van der Waals surface area contributed by atoms with Crippen LogP contribution >= 0.6 is 0 Å². The molecule has 0 amide bonds. The molecule has 4 aromatic rings. The molecule has 0 bridgehead atoms. The summed E-state index contributed by atoms with van der Waals surface area (Å²) in [6.45, 7) is 9.32. The van der Waals surface area contributed by atoms with Crippen molar-refractivity contribution in [1.29, 1.82) is 0 Å². The van der Waals surface area contributed by atoms with Crippen LogP contribution in [-0.2, 0) is 32.5 Å². The number of carbonyl (C=O) groups is 1. The topological polar surface area (TPSA) is 121 Å². The minimum atomic E-state index is -3.35. The van der Waals surface area contributed by atoms with Crippen molar-refractivity contribution in [3.05, 3.63) is 66.4 Å². The van der Waals surface area contributed by atoms with Gasteiger partial charge < -0.3 is 14.6 Å². The molecule has 0 aliphatic heterocycles. The van der Waals surface area contributed by atoms with Crippen molar-refractivity contribution in [2.75, 3.05) is 12.4 Å². The Morgan fingerprint density at radius 1 is 1.08 bits per heavy atom. The van der Waals surface area contributed by atoms with E-state index in [2.05, 4.69) is 24.6 Å². The summed E-state index contributed by atoms with van der Waals surface area (Å²) in [5.74, 6) is 0.314. The van der Waals surface area contributed by atoms with Gasteiger partial charge in [-0.25, -0.2) is 13.4 Å². The van der Waals surface area contributed by atoms with Gasteiger partial charge in [-0.15, -0.1) is 0 Å². The number of imidazole rings is 1. The summed E-state index contributed by atoms with van der Waals surface area (Å²) < 4.78 is 38.5. The van der Waals surface area contributed by atoms with E-state index in [1.807, 2.05) is 22.8 Å². The molecule has 1 N–H and O–H groups in total. The van der Waals surface area contributed by atoms with E-state index < -0.39 is 23.9 Å². The monoisotopic (exact) mass is 567 g/mol. The second-order valence-electron chi connectivity index (χ2n) is 10.4. The molecule has 0 atom stereocenters. The first kappa shape index (κ1) is 28.5. The molecular formula is C28H33N3O6SSi. The maximum Gasteiger partial charge on any atom is 0.307 e. The van der Waals surface area contributed by atoms with Crippen molar-refractivity contribution in [1.82, 2.24) is 14.5 Å². The number of aromatic nitrogens is 3. The van der Waals surface area contributed by atoms with E-state index in [4.69, 9.17) is 14.5 Å². The highest BCUT2D eigenvalue weighted by molar-refractivity contribution is 7.91. The van der Waals surface area contributed by atoms with Crippen molar-refractivity contribution in [2.45, 2.75) is 50.7 Å². The van der Waals surface area contributed by atoms with Gasteiger partial charge in [0.15, 0.2) is 15.7 Å². The number of ether oxygens (including phenoxy) is 2. The number of hydrogen-bond acceptors (Lipinski definition) is 7. The van der Waals surface area contributed by atoms with Gasteiger partial charge in [-0.3, -0.25) is 14.3 Å². The molecule has 0 saturated carbocycles. The highest BCUT2D eigenvalue weighted by Crippen LogP contribution is 2.33. The zero-order chi connectivity index (χ0) is 28.2. The zero-order valence-electron chi connectivity index (χ0n) is 22.5. The quantitative estimate of drug-likeness (QED) is 0.173. The van der Waals surface area contributed by atoms with Crippen LogP contribution in [0.25, 0.3) is 22.6 Å². The third kappa shape index (κ3) is 7.11. The summed E-state index contributed by atoms with van der Waals surface area (Å²) in [4.78, 5) is 21.1. The SMILES string of the molecule is CCS(=O)(=O)c1ccc(Oc2cc3c(cc2CC(=O)O)nc(-c2ccccn2)n3COCC[Si](C)(C)C)cc1. The number of sulfone groups is 1. The van der Waals surface area contributed by atoms with Crippen molar-refractivity contribution in [3.8, 4) is 23.0 Å². The molecule has 206 valence electrons. The normalized spacial score (nSPS) is 12.1. The fourth-order valence-electron chi connectivity index (χ4n) is 3.96. The molecule has 0 unspecified atom stereocenters. The standard InChI is InChI=1S/C28H33N3O6SSi/c1-5-38(34,35)22-11-9-21(10-12-22)37-26-18-25-24(16-20(26)17-27(32)33)30-28(23-8-6-7-13-29-23)31(25)19-36-14-15-39(2,3)4/h6-13,16,18H,5,14-15,17,19H2,1-4H3,(H,32,33). The first-order valence-electron chi connectivity index (χ1n) is 12.7. The van der Waals surface area contributed by atoms with E-state index in [1.54, 1.807) is 37.4 Å². The van der Waals surface area contributed by atoms with Crippen LogP contribution in [0.2, 0.25) is 25.7 Å². The first-order chi connectivity index (χ1) is 18.5. The number of nitrogens with zero attached hydrogens (tertiary/aromatic N) is 3. The van der Waals surface area contributed by atoms with Crippen LogP contribution < -0.4 is 4.74 Å². The van der Waals surface area contributed by atoms with E-state index >= 15 is 0 Å². The van der Waals surface area contributed by atoms with Crippen molar-refractivity contribution < 1.29 is 27.8 Å². The predicted octanol–water partition coefficient (Wildman–Crippen LogP) is 5.62. The smallest absolute Gasteiger partial charge is 0.307 e. The number of pyridine rings is 1. The minimum absolute atomic E-state index is 0.00473. The Morgan fingerprint density at radius 2 is 1.82 bits per heavy atom. The van der Waals surface area contributed by atoms with Gasteiger partial charge in [-0.2, -0.15) is 0 Å². The summed E-state index contributed by atoms with van der Waals surface area (Å²) in [5, 5.41) is 9.55. The molecular weight excluding hydrogens is 534 g/mol. The molecule has 0 aliphatic carbocycles. The van der Waals surface area contributed by atoms with Crippen LogP contribution in [0, 0.1) is 0 Å². The lowest BCUT2D eigenvalue weighted by atomic mass is 10.1. The van der Waals surface area contributed by atoms with Crippen LogP contribution in [0.3, 0.4) is 0 Å². The molecule has 2 aromatic heterocycles. The number of fused-ring (bicyclic) bond motifs is 1. The molecule has 9 nitrogen and oxygen atoms in total. The Morgan fingerprint density at radius 3 is 2.44 bits per heavy atom. The predicted molar refractivity (Wildman–Crippen MR) is 153 cm³/mol. The Labute approximate surface area is 229 Å². The van der Waals surface area contributed by atoms with Crippen molar-refractivity contribution >= 4 is 34.9 Å². The van der Waals surface area contributed by atoms with Gasteiger partial charge in [0.1, 0.15) is 23.9 Å². The highest BCUT2D eigenvalue weighted by atomic mass is 32.2. The lowest BCUT2D eigenvalue weighted by Crippen LogP contribution is -2.22. The summed E-state index contributed by atoms with van der Waals surface area (Å²) in [5.41, 5.74) is 2.41. The van der Waals surface area contributed by atoms with Gasteiger partial charge in [0.05, 0.1) is 28.1 Å². The fraction of sp³-hybridized carbons (Fsp3) is 0.321. The number of hydrogen-bond donors (Lipinski definition) is 1. The molecule has 0 saturated heterocycles. The van der Waals surface area contributed by atoms with Crippen LogP contribution in [0.1, 0.15) is 12.5 Å². The number of aliphatic carboxylic acids is 1. The largest absolute Gasteiger partial charge is 0.481 e. The van der Waals surface area contributed by atoms with E-state index in [-0.39, 0.29) is 23.8 Å². The first-order valence-corrected chi connectivity index (χ1v) is 18.1. The van der Waals surface area contributed by atoms with Crippen LogP contribution in [0.5, 0.6) is 11.5 Å². The second-order valence-corrected chi connectivity index (χ2v) is 18.3. The molecule has 11 heteroatoms. The highest BCUT2D eigenvalue weighted by Gasteiger charge is 2.20. The molecule has 0 fully saturated rings. The molecule has 2 aromatic carbocycles. The Kier molecular flexibility index (Phi) is 8.53.